The molecule has 100 valence electrons. The van der Waals surface area contributed by atoms with Gasteiger partial charge in [0.1, 0.15) is 0 Å². The molecule has 0 radical (unpaired) electrons. The van der Waals surface area contributed by atoms with Crippen molar-refractivity contribution in [2.75, 3.05) is 18.1 Å². The van der Waals surface area contributed by atoms with Gasteiger partial charge in [0.2, 0.25) is 5.91 Å². The quantitative estimate of drug-likeness (QED) is 0.734. The van der Waals surface area contributed by atoms with E-state index in [0.29, 0.717) is 25.3 Å². The van der Waals surface area contributed by atoms with Gasteiger partial charge in [-0.3, -0.25) is 4.79 Å². The van der Waals surface area contributed by atoms with E-state index in [1.165, 1.54) is 0 Å². The third-order valence-electron chi connectivity index (χ3n) is 3.08. The summed E-state index contributed by atoms with van der Waals surface area (Å²) in [6.45, 7) is 5.02. The molecule has 0 spiro atoms. The summed E-state index contributed by atoms with van der Waals surface area (Å²) in [5.41, 5.74) is 0. The SMILES string of the molecule is CC(C)CCCNC(=O)CC1CCS(=O)(=O)C1. The number of carbonyl (C=O) groups is 1. The van der Waals surface area contributed by atoms with Crippen LogP contribution in [0.25, 0.3) is 0 Å². The van der Waals surface area contributed by atoms with Crippen LogP contribution in [-0.2, 0) is 14.6 Å². The zero-order valence-electron chi connectivity index (χ0n) is 10.7. The van der Waals surface area contributed by atoms with Crippen molar-refractivity contribution in [3.63, 3.8) is 0 Å². The average molecular weight is 261 g/mol. The van der Waals surface area contributed by atoms with Crippen molar-refractivity contribution >= 4 is 15.7 Å². The molecule has 1 aliphatic rings. The maximum atomic E-state index is 11.5. The van der Waals surface area contributed by atoms with Crippen LogP contribution in [0.1, 0.15) is 39.5 Å². The fourth-order valence-electron chi connectivity index (χ4n) is 2.11. The zero-order chi connectivity index (χ0) is 12.9. The fraction of sp³-hybridized carbons (Fsp3) is 0.917. The molecule has 0 saturated carbocycles. The summed E-state index contributed by atoms with van der Waals surface area (Å²) < 4.78 is 22.5. The first kappa shape index (κ1) is 14.5. The molecule has 0 aromatic rings. The van der Waals surface area contributed by atoms with E-state index in [2.05, 4.69) is 19.2 Å². The van der Waals surface area contributed by atoms with Crippen LogP contribution in [0.2, 0.25) is 0 Å². The normalized spacial score (nSPS) is 22.9. The number of hydrogen-bond donors (Lipinski definition) is 1. The molecular formula is C12H23NO3S. The zero-order valence-corrected chi connectivity index (χ0v) is 11.6. The van der Waals surface area contributed by atoms with Crippen LogP contribution < -0.4 is 5.32 Å². The molecule has 1 amide bonds. The highest BCUT2D eigenvalue weighted by Crippen LogP contribution is 2.21. The van der Waals surface area contributed by atoms with E-state index in [0.717, 1.165) is 12.8 Å². The molecule has 5 heteroatoms. The summed E-state index contributed by atoms with van der Waals surface area (Å²) in [4.78, 5) is 11.5. The van der Waals surface area contributed by atoms with E-state index in [9.17, 15) is 13.2 Å². The van der Waals surface area contributed by atoms with Crippen LogP contribution in [0.3, 0.4) is 0 Å². The Morgan fingerprint density at radius 2 is 2.12 bits per heavy atom. The molecular weight excluding hydrogens is 238 g/mol. The molecule has 1 saturated heterocycles. The minimum atomic E-state index is -2.86. The molecule has 17 heavy (non-hydrogen) atoms. The van der Waals surface area contributed by atoms with Gasteiger partial charge in [0, 0.05) is 13.0 Å². The first-order valence-corrected chi connectivity index (χ1v) is 8.18. The van der Waals surface area contributed by atoms with Gasteiger partial charge in [-0.15, -0.1) is 0 Å². The van der Waals surface area contributed by atoms with Gasteiger partial charge >= 0.3 is 0 Å². The Kier molecular flexibility index (Phi) is 5.43. The summed E-state index contributed by atoms with van der Waals surface area (Å²) in [5.74, 6) is 1.12. The molecule has 1 rings (SSSR count). The number of carbonyl (C=O) groups excluding carboxylic acids is 1. The molecule has 0 aliphatic carbocycles. The minimum Gasteiger partial charge on any atom is -0.356 e. The number of sulfone groups is 1. The fourth-order valence-corrected chi connectivity index (χ4v) is 3.97. The molecule has 1 unspecified atom stereocenters. The van der Waals surface area contributed by atoms with Crippen LogP contribution in [0.4, 0.5) is 0 Å². The maximum Gasteiger partial charge on any atom is 0.220 e. The van der Waals surface area contributed by atoms with Gasteiger partial charge in [-0.2, -0.15) is 0 Å². The second-order valence-electron chi connectivity index (χ2n) is 5.36. The number of nitrogens with one attached hydrogen (secondary N) is 1. The van der Waals surface area contributed by atoms with Gasteiger partial charge in [-0.05, 0) is 31.1 Å². The van der Waals surface area contributed by atoms with E-state index in [-0.39, 0.29) is 23.3 Å². The standard InChI is InChI=1S/C12H23NO3S/c1-10(2)4-3-6-13-12(14)8-11-5-7-17(15,16)9-11/h10-11H,3-9H2,1-2H3,(H,13,14). The number of rotatable bonds is 6. The molecule has 1 aliphatic heterocycles. The van der Waals surface area contributed by atoms with Crippen molar-refractivity contribution in [1.82, 2.24) is 5.32 Å². The summed E-state index contributed by atoms with van der Waals surface area (Å²) in [7, 11) is -2.86. The minimum absolute atomic E-state index is 0.00384. The molecule has 0 aromatic heterocycles. The lowest BCUT2D eigenvalue weighted by atomic mass is 10.0. The topological polar surface area (TPSA) is 63.2 Å². The van der Waals surface area contributed by atoms with Gasteiger partial charge in [0.15, 0.2) is 9.84 Å². The van der Waals surface area contributed by atoms with Gasteiger partial charge in [0.25, 0.3) is 0 Å². The third kappa shape index (κ3) is 6.05. The predicted octanol–water partition coefficient (Wildman–Crippen LogP) is 1.36. The van der Waals surface area contributed by atoms with Crippen molar-refractivity contribution in [1.29, 1.82) is 0 Å². The van der Waals surface area contributed by atoms with E-state index >= 15 is 0 Å². The summed E-state index contributed by atoms with van der Waals surface area (Å²) in [5, 5.41) is 2.86. The first-order chi connectivity index (χ1) is 7.89. The summed E-state index contributed by atoms with van der Waals surface area (Å²) in [6.07, 6.45) is 3.10. The Morgan fingerprint density at radius 3 is 2.65 bits per heavy atom. The average Bonchev–Trinajstić information content (AvgIpc) is 2.52. The Labute approximate surface area is 104 Å². The molecule has 1 N–H and O–H groups in total. The van der Waals surface area contributed by atoms with Crippen molar-refractivity contribution in [3.05, 3.63) is 0 Å². The number of amides is 1. The summed E-state index contributed by atoms with van der Waals surface area (Å²) in [6, 6.07) is 0. The monoisotopic (exact) mass is 261 g/mol. The van der Waals surface area contributed by atoms with Crippen molar-refractivity contribution in [2.24, 2.45) is 11.8 Å². The smallest absolute Gasteiger partial charge is 0.220 e. The molecule has 1 atom stereocenters. The second kappa shape index (κ2) is 6.38. The predicted molar refractivity (Wildman–Crippen MR) is 68.5 cm³/mol. The van der Waals surface area contributed by atoms with E-state index in [1.54, 1.807) is 0 Å². The highest BCUT2D eigenvalue weighted by Gasteiger charge is 2.29. The highest BCUT2D eigenvalue weighted by molar-refractivity contribution is 7.91. The first-order valence-electron chi connectivity index (χ1n) is 6.36. The number of hydrogen-bond acceptors (Lipinski definition) is 3. The Hall–Kier alpha value is -0.580. The van der Waals surface area contributed by atoms with Gasteiger partial charge in [-0.25, -0.2) is 8.42 Å². The second-order valence-corrected chi connectivity index (χ2v) is 7.59. The van der Waals surface area contributed by atoms with E-state index < -0.39 is 9.84 Å². The highest BCUT2D eigenvalue weighted by atomic mass is 32.2. The van der Waals surface area contributed by atoms with E-state index in [4.69, 9.17) is 0 Å². The Balaban J connectivity index is 2.14. The molecule has 4 nitrogen and oxygen atoms in total. The van der Waals surface area contributed by atoms with Crippen LogP contribution in [0.15, 0.2) is 0 Å². The lowest BCUT2D eigenvalue weighted by molar-refractivity contribution is -0.121. The Morgan fingerprint density at radius 1 is 1.41 bits per heavy atom. The van der Waals surface area contributed by atoms with Crippen LogP contribution in [-0.4, -0.2) is 32.4 Å². The van der Waals surface area contributed by atoms with Crippen LogP contribution in [0, 0.1) is 11.8 Å². The van der Waals surface area contributed by atoms with E-state index in [1.807, 2.05) is 0 Å². The Bertz CT molecular complexity index is 349. The van der Waals surface area contributed by atoms with Crippen molar-refractivity contribution in [3.8, 4) is 0 Å². The largest absolute Gasteiger partial charge is 0.356 e. The lowest BCUT2D eigenvalue weighted by Crippen LogP contribution is -2.27. The van der Waals surface area contributed by atoms with Crippen molar-refractivity contribution in [2.45, 2.75) is 39.5 Å². The lowest BCUT2D eigenvalue weighted by Gasteiger charge is -2.09. The van der Waals surface area contributed by atoms with Gasteiger partial charge < -0.3 is 5.32 Å². The third-order valence-corrected chi connectivity index (χ3v) is 4.92. The van der Waals surface area contributed by atoms with Crippen LogP contribution >= 0.6 is 0 Å². The molecule has 1 heterocycles. The van der Waals surface area contributed by atoms with Crippen LogP contribution in [0.5, 0.6) is 0 Å². The molecule has 0 bridgehead atoms. The maximum absolute atomic E-state index is 11.5. The molecule has 1 fully saturated rings. The van der Waals surface area contributed by atoms with Gasteiger partial charge in [-0.1, -0.05) is 13.8 Å². The molecule has 0 aromatic carbocycles. The van der Waals surface area contributed by atoms with Gasteiger partial charge in [0.05, 0.1) is 11.5 Å². The summed E-state index contributed by atoms with van der Waals surface area (Å²) >= 11 is 0. The van der Waals surface area contributed by atoms with Crippen molar-refractivity contribution < 1.29 is 13.2 Å².